The molecule has 4 rings (SSSR count). The highest BCUT2D eigenvalue weighted by Gasteiger charge is 2.67. The zero-order valence-electron chi connectivity index (χ0n) is 23.2. The van der Waals surface area contributed by atoms with Crippen LogP contribution in [0.25, 0.3) is 11.8 Å². The van der Waals surface area contributed by atoms with Crippen molar-refractivity contribution in [2.75, 3.05) is 0 Å². The van der Waals surface area contributed by atoms with Gasteiger partial charge in [-0.2, -0.15) is 0 Å². The van der Waals surface area contributed by atoms with Gasteiger partial charge in [0.1, 0.15) is 11.9 Å². The Morgan fingerprint density at radius 3 is 2.16 bits per heavy atom. The van der Waals surface area contributed by atoms with Crippen LogP contribution in [0.5, 0.6) is 0 Å². The Hall–Kier alpha value is -2.90. The zero-order chi connectivity index (χ0) is 27.1. The van der Waals surface area contributed by atoms with Gasteiger partial charge in [-0.25, -0.2) is 0 Å². The molecule has 1 spiro atoms. The third-order valence-corrected chi connectivity index (χ3v) is 14.0. The molecule has 0 bridgehead atoms. The van der Waals surface area contributed by atoms with E-state index in [1.165, 1.54) is 0 Å². The molecule has 2 aliphatic rings. The number of aryl methyl sites for hydroxylation is 1. The van der Waals surface area contributed by atoms with Gasteiger partial charge in [0.15, 0.2) is 11.5 Å². The lowest BCUT2D eigenvalue weighted by molar-refractivity contribution is -0.149. The SMILES string of the molecule is CCc1ccc(C2=C(C)C(=O)[C@]3(O2)C(=O)N/C(=C\c2ccccc2)[C@@H]3O[Si](C(C)C)(C(C)C)C(C)C)o1. The van der Waals surface area contributed by atoms with Crippen LogP contribution < -0.4 is 5.32 Å². The number of amides is 1. The number of carbonyl (C=O) groups excluding carboxylic acids is 2. The third-order valence-electron chi connectivity index (χ3n) is 7.91. The number of hydrogen-bond donors (Lipinski definition) is 1. The van der Waals surface area contributed by atoms with Crippen molar-refractivity contribution >= 4 is 31.8 Å². The van der Waals surface area contributed by atoms with E-state index in [2.05, 4.69) is 46.9 Å². The van der Waals surface area contributed by atoms with Crippen LogP contribution in [-0.2, 0) is 25.2 Å². The fraction of sp³-hybridized carbons (Fsp3) is 0.467. The predicted octanol–water partition coefficient (Wildman–Crippen LogP) is 6.64. The van der Waals surface area contributed by atoms with Crippen LogP contribution in [0.15, 0.2) is 58.2 Å². The molecule has 0 radical (unpaired) electrons. The van der Waals surface area contributed by atoms with E-state index < -0.39 is 25.9 Å². The van der Waals surface area contributed by atoms with Crippen LogP contribution in [-0.4, -0.2) is 31.7 Å². The largest absolute Gasteiger partial charge is 0.462 e. The summed E-state index contributed by atoms with van der Waals surface area (Å²) in [5.41, 5.74) is 0.735. The first-order chi connectivity index (χ1) is 17.5. The number of rotatable bonds is 8. The predicted molar refractivity (Wildman–Crippen MR) is 148 cm³/mol. The Kier molecular flexibility index (Phi) is 7.41. The van der Waals surface area contributed by atoms with E-state index in [9.17, 15) is 9.59 Å². The van der Waals surface area contributed by atoms with Gasteiger partial charge in [-0.1, -0.05) is 78.8 Å². The third kappa shape index (κ3) is 4.32. The van der Waals surface area contributed by atoms with E-state index >= 15 is 0 Å². The standard InChI is InChI=1S/C30H39NO5Si/c1-9-23-15-16-25(34-23)26-21(8)27(32)30(35-26)28(36-37(18(2)3,19(4)5)20(6)7)24(31-29(30)33)17-22-13-11-10-12-14-22/h10-20,28H,9H2,1-8H3,(H,31,33)/b24-17-/t28-,30+/m0/s1. The fourth-order valence-corrected chi connectivity index (χ4v) is 11.7. The van der Waals surface area contributed by atoms with E-state index in [1.807, 2.05) is 49.4 Å². The van der Waals surface area contributed by atoms with Crippen LogP contribution in [0.4, 0.5) is 0 Å². The van der Waals surface area contributed by atoms with Crippen molar-refractivity contribution in [1.29, 1.82) is 0 Å². The number of ketones is 1. The average molecular weight is 522 g/mol. The normalized spacial score (nSPS) is 23.3. The van der Waals surface area contributed by atoms with Crippen molar-refractivity contribution in [2.24, 2.45) is 0 Å². The Morgan fingerprint density at radius 1 is 1.00 bits per heavy atom. The second-order valence-electron chi connectivity index (χ2n) is 11.0. The van der Waals surface area contributed by atoms with Crippen molar-refractivity contribution in [3.63, 3.8) is 0 Å². The molecule has 1 N–H and O–H groups in total. The first-order valence-corrected chi connectivity index (χ1v) is 15.4. The molecule has 1 amide bonds. The van der Waals surface area contributed by atoms with Crippen molar-refractivity contribution in [1.82, 2.24) is 5.32 Å². The minimum Gasteiger partial charge on any atom is -0.462 e. The Morgan fingerprint density at radius 2 is 1.62 bits per heavy atom. The van der Waals surface area contributed by atoms with Crippen molar-refractivity contribution in [3.8, 4) is 0 Å². The van der Waals surface area contributed by atoms with Gasteiger partial charge in [0.2, 0.25) is 14.1 Å². The smallest absolute Gasteiger partial charge is 0.279 e. The maximum atomic E-state index is 14.0. The van der Waals surface area contributed by atoms with Crippen molar-refractivity contribution in [2.45, 2.75) is 90.1 Å². The Balaban J connectivity index is 1.87. The molecule has 0 unspecified atom stereocenters. The molecule has 0 aliphatic carbocycles. The molecule has 1 saturated heterocycles. The number of hydrogen-bond acceptors (Lipinski definition) is 5. The molecule has 37 heavy (non-hydrogen) atoms. The first kappa shape index (κ1) is 27.1. The molecule has 0 saturated carbocycles. The molecule has 198 valence electrons. The molecular weight excluding hydrogens is 482 g/mol. The van der Waals surface area contributed by atoms with E-state index in [1.54, 1.807) is 13.0 Å². The lowest BCUT2D eigenvalue weighted by Crippen LogP contribution is -2.59. The van der Waals surface area contributed by atoms with Gasteiger partial charge >= 0.3 is 0 Å². The molecule has 6 nitrogen and oxygen atoms in total. The van der Waals surface area contributed by atoms with E-state index in [-0.39, 0.29) is 22.4 Å². The molecule has 1 aromatic carbocycles. The summed E-state index contributed by atoms with van der Waals surface area (Å²) in [4.78, 5) is 27.8. The highest BCUT2D eigenvalue weighted by atomic mass is 28.4. The lowest BCUT2D eigenvalue weighted by Gasteiger charge is -2.45. The number of ether oxygens (including phenoxy) is 1. The summed E-state index contributed by atoms with van der Waals surface area (Å²) in [6, 6.07) is 13.4. The van der Waals surface area contributed by atoms with Gasteiger partial charge in [-0.05, 0) is 47.3 Å². The molecule has 2 aromatic rings. The molecule has 3 heterocycles. The molecule has 2 atom stereocenters. The number of Topliss-reactive ketones (excluding diaryl/α,β-unsaturated/α-hetero) is 1. The van der Waals surface area contributed by atoms with E-state index in [0.29, 0.717) is 29.2 Å². The average Bonchev–Trinajstić information content (AvgIpc) is 3.50. The van der Waals surface area contributed by atoms with Crippen LogP contribution in [0.3, 0.4) is 0 Å². The number of benzene rings is 1. The van der Waals surface area contributed by atoms with Gasteiger partial charge in [0, 0.05) is 12.0 Å². The van der Waals surface area contributed by atoms with Crippen molar-refractivity contribution < 1.29 is 23.2 Å². The van der Waals surface area contributed by atoms with Gasteiger partial charge < -0.3 is 18.9 Å². The maximum Gasteiger partial charge on any atom is 0.279 e. The topological polar surface area (TPSA) is 77.8 Å². The minimum atomic E-state index is -2.54. The Labute approximate surface area is 221 Å². The number of nitrogens with one attached hydrogen (secondary N) is 1. The molecule has 7 heteroatoms. The summed E-state index contributed by atoms with van der Waals surface area (Å²) >= 11 is 0. The van der Waals surface area contributed by atoms with Crippen LogP contribution in [0.1, 0.15) is 72.5 Å². The summed E-state index contributed by atoms with van der Waals surface area (Å²) in [6.07, 6.45) is 1.70. The fourth-order valence-electron chi connectivity index (χ4n) is 6.14. The van der Waals surface area contributed by atoms with Crippen LogP contribution >= 0.6 is 0 Å². The summed E-state index contributed by atoms with van der Waals surface area (Å²) in [7, 11) is -2.54. The lowest BCUT2D eigenvalue weighted by atomic mass is 9.90. The van der Waals surface area contributed by atoms with E-state index in [4.69, 9.17) is 13.6 Å². The second-order valence-corrected chi connectivity index (χ2v) is 16.4. The number of furan rings is 1. The molecule has 2 aliphatic heterocycles. The highest BCUT2D eigenvalue weighted by Crippen LogP contribution is 2.50. The zero-order valence-corrected chi connectivity index (χ0v) is 24.2. The Bertz CT molecular complexity index is 1220. The van der Waals surface area contributed by atoms with Crippen LogP contribution in [0.2, 0.25) is 16.6 Å². The summed E-state index contributed by atoms with van der Waals surface area (Å²) in [5.74, 6) is 0.661. The van der Waals surface area contributed by atoms with E-state index in [0.717, 1.165) is 11.3 Å². The highest BCUT2D eigenvalue weighted by molar-refractivity contribution is 6.77. The maximum absolute atomic E-state index is 14.0. The molecular formula is C30H39NO5Si. The molecule has 1 aromatic heterocycles. The minimum absolute atomic E-state index is 0.250. The number of carbonyl (C=O) groups is 2. The van der Waals surface area contributed by atoms with Crippen LogP contribution in [0, 0.1) is 0 Å². The molecule has 1 fully saturated rings. The second kappa shape index (κ2) is 10.1. The van der Waals surface area contributed by atoms with Gasteiger partial charge in [0.05, 0.1) is 5.70 Å². The summed E-state index contributed by atoms with van der Waals surface area (Å²) < 4.78 is 19.6. The summed E-state index contributed by atoms with van der Waals surface area (Å²) in [5, 5.41) is 2.98. The monoisotopic (exact) mass is 521 g/mol. The van der Waals surface area contributed by atoms with Crippen molar-refractivity contribution in [3.05, 3.63) is 70.8 Å². The van der Waals surface area contributed by atoms with Gasteiger partial charge in [-0.3, -0.25) is 9.59 Å². The summed E-state index contributed by atoms with van der Waals surface area (Å²) in [6.45, 7) is 16.8. The van der Waals surface area contributed by atoms with Gasteiger partial charge in [-0.15, -0.1) is 0 Å². The van der Waals surface area contributed by atoms with Gasteiger partial charge in [0.25, 0.3) is 11.5 Å². The first-order valence-electron chi connectivity index (χ1n) is 13.3. The quantitative estimate of drug-likeness (QED) is 0.311.